The molecule has 0 aliphatic rings. The number of aromatic nitrogens is 1. The van der Waals surface area contributed by atoms with Crippen molar-refractivity contribution in [3.63, 3.8) is 0 Å². The molecule has 0 fully saturated rings. The minimum absolute atomic E-state index is 0.261. The normalized spacial score (nSPS) is 12.3. The van der Waals surface area contributed by atoms with Gasteiger partial charge in [-0.2, -0.15) is 18.3 Å². The van der Waals surface area contributed by atoms with Crippen molar-refractivity contribution in [3.05, 3.63) is 34.7 Å². The number of nitrogens with one attached hydrogen (secondary N) is 1. The van der Waals surface area contributed by atoms with Crippen LogP contribution in [-0.4, -0.2) is 21.8 Å². The van der Waals surface area contributed by atoms with E-state index in [1.807, 2.05) is 5.43 Å². The van der Waals surface area contributed by atoms with E-state index in [2.05, 4.69) is 10.1 Å². The first-order valence-corrected chi connectivity index (χ1v) is 6.97. The number of hydrazone groups is 1. The highest BCUT2D eigenvalue weighted by Crippen LogP contribution is 2.34. The molecule has 0 saturated carbocycles. The summed E-state index contributed by atoms with van der Waals surface area (Å²) in [6.07, 6.45) is -4.42. The Hall–Kier alpha value is -2.62. The van der Waals surface area contributed by atoms with Crippen molar-refractivity contribution in [2.75, 3.05) is 0 Å². The molecule has 0 spiro atoms. The fraction of sp³-hybridized carbons (Fsp3) is 0.154. The summed E-state index contributed by atoms with van der Waals surface area (Å²) in [4.78, 5) is 14.8. The lowest BCUT2D eigenvalue weighted by molar-refractivity contribution is -0.137. The highest BCUT2D eigenvalue weighted by molar-refractivity contribution is 7.17. The first-order valence-electron chi connectivity index (χ1n) is 6.16. The van der Waals surface area contributed by atoms with Crippen LogP contribution < -0.4 is 11.2 Å². The van der Waals surface area contributed by atoms with Crippen LogP contribution in [0, 0.1) is 0 Å². The third-order valence-corrected chi connectivity index (χ3v) is 3.93. The van der Waals surface area contributed by atoms with E-state index in [1.165, 1.54) is 19.1 Å². The maximum atomic E-state index is 12.5. The number of hydrogen-bond donors (Lipinski definition) is 3. The van der Waals surface area contributed by atoms with Crippen molar-refractivity contribution >= 4 is 23.1 Å². The van der Waals surface area contributed by atoms with Crippen LogP contribution >= 0.6 is 11.3 Å². The van der Waals surface area contributed by atoms with Crippen molar-refractivity contribution in [2.45, 2.75) is 13.1 Å². The molecule has 0 aliphatic heterocycles. The number of rotatable bonds is 3. The number of carbonyl (C=O) groups excluding carboxylic acids is 1. The van der Waals surface area contributed by atoms with Crippen LogP contribution in [0.15, 0.2) is 29.4 Å². The van der Waals surface area contributed by atoms with Crippen LogP contribution in [-0.2, 0) is 6.18 Å². The largest absolute Gasteiger partial charge is 0.492 e. The van der Waals surface area contributed by atoms with E-state index in [9.17, 15) is 23.1 Å². The number of carbonyl (C=O) groups is 1. The van der Waals surface area contributed by atoms with Crippen molar-refractivity contribution in [3.8, 4) is 16.5 Å². The molecule has 23 heavy (non-hydrogen) atoms. The SMILES string of the molecule is C/C(=N\NC(N)=O)c1sc(-c2ccc(C(F)(F)F)cc2)nc1O. The molecule has 0 saturated heterocycles. The lowest BCUT2D eigenvalue weighted by Gasteiger charge is -2.06. The number of nitrogens with zero attached hydrogens (tertiary/aromatic N) is 2. The van der Waals surface area contributed by atoms with Gasteiger partial charge in [0.1, 0.15) is 9.88 Å². The molecule has 4 N–H and O–H groups in total. The quantitative estimate of drug-likeness (QED) is 0.589. The molecule has 0 radical (unpaired) electrons. The van der Waals surface area contributed by atoms with E-state index in [1.54, 1.807) is 0 Å². The predicted molar refractivity (Wildman–Crippen MR) is 79.1 cm³/mol. The monoisotopic (exact) mass is 344 g/mol. The fourth-order valence-electron chi connectivity index (χ4n) is 1.66. The first-order chi connectivity index (χ1) is 10.7. The summed E-state index contributed by atoms with van der Waals surface area (Å²) in [6, 6.07) is 3.53. The summed E-state index contributed by atoms with van der Waals surface area (Å²) in [5, 5.41) is 13.8. The third-order valence-electron chi connectivity index (χ3n) is 2.73. The van der Waals surface area contributed by atoms with Gasteiger partial charge in [-0.25, -0.2) is 15.2 Å². The number of thiazole rings is 1. The molecule has 0 bridgehead atoms. The molecular formula is C13H11F3N4O2S. The van der Waals surface area contributed by atoms with Gasteiger partial charge in [0.2, 0.25) is 5.88 Å². The number of halogens is 3. The van der Waals surface area contributed by atoms with Gasteiger partial charge >= 0.3 is 12.2 Å². The smallest absolute Gasteiger partial charge is 0.416 e. The fourth-order valence-corrected chi connectivity index (χ4v) is 2.57. The van der Waals surface area contributed by atoms with Crippen LogP contribution in [0.5, 0.6) is 5.88 Å². The molecule has 1 heterocycles. The molecule has 1 aromatic heterocycles. The Morgan fingerprint density at radius 3 is 2.48 bits per heavy atom. The van der Waals surface area contributed by atoms with Gasteiger partial charge in [0.05, 0.1) is 11.3 Å². The van der Waals surface area contributed by atoms with E-state index in [0.717, 1.165) is 23.5 Å². The van der Waals surface area contributed by atoms with E-state index >= 15 is 0 Å². The van der Waals surface area contributed by atoms with Crippen LogP contribution in [0.1, 0.15) is 17.4 Å². The Balaban J connectivity index is 2.30. The van der Waals surface area contributed by atoms with E-state index in [0.29, 0.717) is 10.6 Å². The molecule has 1 aromatic carbocycles. The summed E-state index contributed by atoms with van der Waals surface area (Å²) >= 11 is 1.02. The second kappa shape index (κ2) is 6.24. The highest BCUT2D eigenvalue weighted by Gasteiger charge is 2.30. The minimum Gasteiger partial charge on any atom is -0.492 e. The molecule has 10 heteroatoms. The number of nitrogens with two attached hydrogens (primary N) is 1. The van der Waals surface area contributed by atoms with Gasteiger partial charge in [-0.1, -0.05) is 12.1 Å². The summed E-state index contributed by atoms with van der Waals surface area (Å²) in [5.41, 5.74) is 6.80. The molecule has 6 nitrogen and oxygen atoms in total. The second-order valence-electron chi connectivity index (χ2n) is 4.42. The molecular weight excluding hydrogens is 333 g/mol. The molecule has 2 aromatic rings. The Kier molecular flexibility index (Phi) is 4.55. The number of urea groups is 1. The van der Waals surface area contributed by atoms with E-state index < -0.39 is 17.8 Å². The number of amides is 2. The maximum absolute atomic E-state index is 12.5. The molecule has 122 valence electrons. The second-order valence-corrected chi connectivity index (χ2v) is 5.42. The zero-order chi connectivity index (χ0) is 17.2. The number of hydrogen-bond acceptors (Lipinski definition) is 5. The summed E-state index contributed by atoms with van der Waals surface area (Å²) in [7, 11) is 0. The van der Waals surface area contributed by atoms with Crippen molar-refractivity contribution < 1.29 is 23.1 Å². The summed E-state index contributed by atoms with van der Waals surface area (Å²) in [6.45, 7) is 1.51. The first kappa shape index (κ1) is 16.7. The van der Waals surface area contributed by atoms with Crippen molar-refractivity contribution in [1.29, 1.82) is 0 Å². The lowest BCUT2D eigenvalue weighted by Crippen LogP contribution is -2.25. The number of aromatic hydroxyl groups is 1. The van der Waals surface area contributed by atoms with Gasteiger partial charge in [0, 0.05) is 5.56 Å². The molecule has 2 amide bonds. The molecule has 0 aliphatic carbocycles. The van der Waals surface area contributed by atoms with E-state index in [-0.39, 0.29) is 16.5 Å². The molecule has 2 rings (SSSR count). The van der Waals surface area contributed by atoms with Gasteiger partial charge in [0.25, 0.3) is 0 Å². The zero-order valence-electron chi connectivity index (χ0n) is 11.7. The molecule has 0 unspecified atom stereocenters. The predicted octanol–water partition coefficient (Wildman–Crippen LogP) is 2.93. The number of alkyl halides is 3. The third kappa shape index (κ3) is 3.97. The standard InChI is InChI=1S/C13H11F3N4O2S/c1-6(19-20-12(17)22)9-10(21)18-11(23-9)7-2-4-8(5-3-7)13(14,15)16/h2-5,21H,1H3,(H3,17,20,22)/b19-6+. The zero-order valence-corrected chi connectivity index (χ0v) is 12.5. The van der Waals surface area contributed by atoms with Gasteiger partial charge in [-0.05, 0) is 19.1 Å². The molecule has 0 atom stereocenters. The van der Waals surface area contributed by atoms with Gasteiger partial charge in [-0.3, -0.25) is 0 Å². The average Bonchev–Trinajstić information content (AvgIpc) is 2.86. The Morgan fingerprint density at radius 2 is 1.96 bits per heavy atom. The van der Waals surface area contributed by atoms with Crippen LogP contribution in [0.2, 0.25) is 0 Å². The average molecular weight is 344 g/mol. The Labute approximate surface area is 132 Å². The van der Waals surface area contributed by atoms with Gasteiger partial charge < -0.3 is 10.8 Å². The van der Waals surface area contributed by atoms with Gasteiger partial charge in [-0.15, -0.1) is 11.3 Å². The van der Waals surface area contributed by atoms with E-state index in [4.69, 9.17) is 5.73 Å². The topological polar surface area (TPSA) is 101 Å². The van der Waals surface area contributed by atoms with Crippen molar-refractivity contribution in [1.82, 2.24) is 10.4 Å². The summed E-state index contributed by atoms with van der Waals surface area (Å²) < 4.78 is 37.6. The maximum Gasteiger partial charge on any atom is 0.416 e. The number of primary amides is 1. The van der Waals surface area contributed by atoms with Crippen molar-refractivity contribution in [2.24, 2.45) is 10.8 Å². The van der Waals surface area contributed by atoms with Crippen LogP contribution in [0.3, 0.4) is 0 Å². The highest BCUT2D eigenvalue weighted by atomic mass is 32.1. The van der Waals surface area contributed by atoms with Crippen LogP contribution in [0.25, 0.3) is 10.6 Å². The Morgan fingerprint density at radius 1 is 1.35 bits per heavy atom. The van der Waals surface area contributed by atoms with Crippen LogP contribution in [0.4, 0.5) is 18.0 Å². The lowest BCUT2D eigenvalue weighted by atomic mass is 10.1. The minimum atomic E-state index is -4.42. The summed E-state index contributed by atoms with van der Waals surface area (Å²) in [5.74, 6) is -0.336. The Bertz CT molecular complexity index is 754. The van der Waals surface area contributed by atoms with Gasteiger partial charge in [0.15, 0.2) is 0 Å². The number of benzene rings is 1.